The number of nitrogens with one attached hydrogen (secondary N) is 1. The number of likely N-dealkylation sites (N-methyl/N-ethyl adjacent to an activating group) is 1. The molecule has 1 aliphatic rings. The molecule has 1 saturated heterocycles. The van der Waals surface area contributed by atoms with Gasteiger partial charge in [-0.25, -0.2) is 0 Å². The van der Waals surface area contributed by atoms with Crippen LogP contribution in [0.2, 0.25) is 0 Å². The summed E-state index contributed by atoms with van der Waals surface area (Å²) >= 11 is 1.72. The van der Waals surface area contributed by atoms with Gasteiger partial charge in [0, 0.05) is 11.4 Å². The molecular formula is C14H22N2OS. The van der Waals surface area contributed by atoms with Gasteiger partial charge in [-0.1, -0.05) is 18.9 Å². The molecule has 1 amide bonds. The van der Waals surface area contributed by atoms with Gasteiger partial charge in [-0.3, -0.25) is 4.79 Å². The van der Waals surface area contributed by atoms with Crippen LogP contribution in [0.4, 0.5) is 0 Å². The third-order valence-corrected chi connectivity index (χ3v) is 4.34. The average Bonchev–Trinajstić information content (AvgIpc) is 2.75. The Hall–Kier alpha value is -0.870. The highest BCUT2D eigenvalue weighted by Crippen LogP contribution is 2.15. The standard InChI is InChI=1S/C14H22N2OS/c1-2-16(11-12-7-6-10-18-12)14(17)13-8-4-3-5-9-15-13/h6-7,10,13,15H,2-5,8-9,11H2,1H3. The number of rotatable bonds is 4. The topological polar surface area (TPSA) is 32.3 Å². The minimum atomic E-state index is 0.0346. The molecule has 1 unspecified atom stereocenters. The second kappa shape index (κ2) is 6.90. The van der Waals surface area contributed by atoms with Crippen molar-refractivity contribution in [1.82, 2.24) is 10.2 Å². The predicted octanol–water partition coefficient (Wildman–Crippen LogP) is 2.63. The smallest absolute Gasteiger partial charge is 0.240 e. The van der Waals surface area contributed by atoms with Crippen molar-refractivity contribution in [2.24, 2.45) is 0 Å². The second-order valence-corrected chi connectivity index (χ2v) is 5.82. The van der Waals surface area contributed by atoms with E-state index in [9.17, 15) is 4.79 Å². The third kappa shape index (κ3) is 3.56. The number of carbonyl (C=O) groups excluding carboxylic acids is 1. The molecule has 0 spiro atoms. The minimum absolute atomic E-state index is 0.0346. The highest BCUT2D eigenvalue weighted by molar-refractivity contribution is 7.09. The summed E-state index contributed by atoms with van der Waals surface area (Å²) < 4.78 is 0. The van der Waals surface area contributed by atoms with E-state index in [0.717, 1.165) is 26.1 Å². The number of hydrogen-bond donors (Lipinski definition) is 1. The van der Waals surface area contributed by atoms with E-state index in [0.29, 0.717) is 0 Å². The van der Waals surface area contributed by atoms with E-state index in [2.05, 4.69) is 23.7 Å². The molecule has 1 N–H and O–H groups in total. The summed E-state index contributed by atoms with van der Waals surface area (Å²) in [6, 6.07) is 4.18. The monoisotopic (exact) mass is 266 g/mol. The van der Waals surface area contributed by atoms with Gasteiger partial charge in [-0.05, 0) is 37.8 Å². The fourth-order valence-corrected chi connectivity index (χ4v) is 3.12. The first-order valence-electron chi connectivity index (χ1n) is 6.86. The van der Waals surface area contributed by atoms with Crippen LogP contribution < -0.4 is 5.32 Å². The average molecular weight is 266 g/mol. The van der Waals surface area contributed by atoms with Crippen molar-refractivity contribution in [3.05, 3.63) is 22.4 Å². The van der Waals surface area contributed by atoms with E-state index >= 15 is 0 Å². The lowest BCUT2D eigenvalue weighted by Gasteiger charge is -2.25. The summed E-state index contributed by atoms with van der Waals surface area (Å²) in [4.78, 5) is 15.7. The zero-order valence-corrected chi connectivity index (χ0v) is 11.8. The van der Waals surface area contributed by atoms with E-state index in [1.165, 1.54) is 24.1 Å². The first kappa shape index (κ1) is 13.6. The normalized spacial score (nSPS) is 20.4. The number of carbonyl (C=O) groups is 1. The van der Waals surface area contributed by atoms with Crippen molar-refractivity contribution in [3.8, 4) is 0 Å². The molecule has 3 nitrogen and oxygen atoms in total. The van der Waals surface area contributed by atoms with Gasteiger partial charge >= 0.3 is 0 Å². The van der Waals surface area contributed by atoms with Crippen molar-refractivity contribution in [2.75, 3.05) is 13.1 Å². The third-order valence-electron chi connectivity index (χ3n) is 3.48. The molecular weight excluding hydrogens is 244 g/mol. The molecule has 4 heteroatoms. The highest BCUT2D eigenvalue weighted by atomic mass is 32.1. The van der Waals surface area contributed by atoms with Crippen molar-refractivity contribution in [2.45, 2.75) is 45.2 Å². The van der Waals surface area contributed by atoms with E-state index in [-0.39, 0.29) is 11.9 Å². The molecule has 0 saturated carbocycles. The van der Waals surface area contributed by atoms with E-state index in [4.69, 9.17) is 0 Å². The summed E-state index contributed by atoms with van der Waals surface area (Å²) in [5, 5.41) is 5.45. The van der Waals surface area contributed by atoms with Crippen LogP contribution in [0.15, 0.2) is 17.5 Å². The van der Waals surface area contributed by atoms with Gasteiger partial charge in [-0.15, -0.1) is 11.3 Å². The van der Waals surface area contributed by atoms with Crippen LogP contribution in [-0.4, -0.2) is 29.9 Å². The van der Waals surface area contributed by atoms with Crippen LogP contribution in [0.25, 0.3) is 0 Å². The maximum atomic E-state index is 12.5. The lowest BCUT2D eigenvalue weighted by Crippen LogP contribution is -2.45. The van der Waals surface area contributed by atoms with E-state index < -0.39 is 0 Å². The molecule has 0 radical (unpaired) electrons. The first-order valence-corrected chi connectivity index (χ1v) is 7.73. The maximum Gasteiger partial charge on any atom is 0.240 e. The largest absolute Gasteiger partial charge is 0.336 e. The van der Waals surface area contributed by atoms with E-state index in [1.807, 2.05) is 11.0 Å². The van der Waals surface area contributed by atoms with Crippen LogP contribution in [0.3, 0.4) is 0 Å². The van der Waals surface area contributed by atoms with Gasteiger partial charge in [-0.2, -0.15) is 0 Å². The minimum Gasteiger partial charge on any atom is -0.336 e. The first-order chi connectivity index (χ1) is 8.81. The molecule has 1 aliphatic heterocycles. The van der Waals surface area contributed by atoms with Crippen LogP contribution >= 0.6 is 11.3 Å². The number of thiophene rings is 1. The van der Waals surface area contributed by atoms with Gasteiger partial charge in [0.05, 0.1) is 12.6 Å². The zero-order chi connectivity index (χ0) is 12.8. The molecule has 18 heavy (non-hydrogen) atoms. The molecule has 1 aromatic heterocycles. The summed E-state index contributed by atoms with van der Waals surface area (Å²) in [6.07, 6.45) is 4.59. The summed E-state index contributed by atoms with van der Waals surface area (Å²) in [6.45, 7) is 4.58. The lowest BCUT2D eigenvalue weighted by molar-refractivity contribution is -0.133. The molecule has 2 heterocycles. The maximum absolute atomic E-state index is 12.5. The summed E-state index contributed by atoms with van der Waals surface area (Å²) in [5.74, 6) is 0.271. The van der Waals surface area contributed by atoms with Gasteiger partial charge < -0.3 is 10.2 Å². The Morgan fingerprint density at radius 3 is 3.11 bits per heavy atom. The van der Waals surface area contributed by atoms with Crippen LogP contribution in [0.1, 0.15) is 37.5 Å². The molecule has 1 fully saturated rings. The Morgan fingerprint density at radius 2 is 2.39 bits per heavy atom. The quantitative estimate of drug-likeness (QED) is 0.908. The predicted molar refractivity (Wildman–Crippen MR) is 75.7 cm³/mol. The zero-order valence-electron chi connectivity index (χ0n) is 11.0. The van der Waals surface area contributed by atoms with Crippen LogP contribution in [-0.2, 0) is 11.3 Å². The van der Waals surface area contributed by atoms with E-state index in [1.54, 1.807) is 11.3 Å². The van der Waals surface area contributed by atoms with Gasteiger partial charge in [0.15, 0.2) is 0 Å². The molecule has 1 aromatic rings. The SMILES string of the molecule is CCN(Cc1cccs1)C(=O)C1CCCCCN1. The Bertz CT molecular complexity index is 356. The summed E-state index contributed by atoms with van der Waals surface area (Å²) in [5.41, 5.74) is 0. The van der Waals surface area contributed by atoms with Gasteiger partial charge in [0.25, 0.3) is 0 Å². The Balaban J connectivity index is 1.95. The number of nitrogens with zero attached hydrogens (tertiary/aromatic N) is 1. The fourth-order valence-electron chi connectivity index (χ4n) is 2.40. The van der Waals surface area contributed by atoms with Crippen LogP contribution in [0, 0.1) is 0 Å². The van der Waals surface area contributed by atoms with Crippen molar-refractivity contribution < 1.29 is 4.79 Å². The number of amides is 1. The highest BCUT2D eigenvalue weighted by Gasteiger charge is 2.24. The molecule has 0 bridgehead atoms. The van der Waals surface area contributed by atoms with Crippen LogP contribution in [0.5, 0.6) is 0 Å². The van der Waals surface area contributed by atoms with Crippen molar-refractivity contribution >= 4 is 17.2 Å². The molecule has 0 aliphatic carbocycles. The Labute approximate surface area is 113 Å². The van der Waals surface area contributed by atoms with Crippen molar-refractivity contribution in [3.63, 3.8) is 0 Å². The van der Waals surface area contributed by atoms with Gasteiger partial charge in [0.2, 0.25) is 5.91 Å². The molecule has 2 rings (SSSR count). The summed E-state index contributed by atoms with van der Waals surface area (Å²) in [7, 11) is 0. The second-order valence-electron chi connectivity index (χ2n) is 4.79. The number of hydrogen-bond acceptors (Lipinski definition) is 3. The fraction of sp³-hybridized carbons (Fsp3) is 0.643. The Morgan fingerprint density at radius 1 is 1.50 bits per heavy atom. The van der Waals surface area contributed by atoms with Gasteiger partial charge in [0.1, 0.15) is 0 Å². The lowest BCUT2D eigenvalue weighted by atomic mass is 10.1. The molecule has 1 atom stereocenters. The Kier molecular flexibility index (Phi) is 5.20. The molecule has 100 valence electrons. The molecule has 0 aromatic carbocycles. The van der Waals surface area contributed by atoms with Crippen molar-refractivity contribution in [1.29, 1.82) is 0 Å².